The van der Waals surface area contributed by atoms with E-state index in [9.17, 15) is 14.4 Å². The molecule has 0 N–H and O–H groups in total. The Morgan fingerprint density at radius 2 is 1.50 bits per heavy atom. The van der Waals surface area contributed by atoms with Gasteiger partial charge in [0.1, 0.15) is 23.5 Å². The van der Waals surface area contributed by atoms with Crippen LogP contribution in [0.2, 0.25) is 0 Å². The van der Waals surface area contributed by atoms with E-state index in [4.69, 9.17) is 18.4 Å². The summed E-state index contributed by atoms with van der Waals surface area (Å²) < 4.78 is 24.0. The minimum absolute atomic E-state index is 0.0661. The van der Waals surface area contributed by atoms with Crippen LogP contribution in [0.5, 0.6) is 5.75 Å². The molecule has 0 aliphatic carbocycles. The highest BCUT2D eigenvalue weighted by Gasteiger charge is 2.40. The third-order valence-corrected chi connectivity index (χ3v) is 12.8. The molecule has 0 aromatic heterocycles. The van der Waals surface area contributed by atoms with Crippen LogP contribution in [0.1, 0.15) is 138 Å². The summed E-state index contributed by atoms with van der Waals surface area (Å²) in [6.45, 7) is 32.0. The van der Waals surface area contributed by atoms with Crippen LogP contribution in [0, 0.1) is 39.5 Å². The van der Waals surface area contributed by atoms with Crippen LogP contribution in [0.3, 0.4) is 0 Å². The lowest BCUT2D eigenvalue weighted by molar-refractivity contribution is -0.154. The second-order valence-corrected chi connectivity index (χ2v) is 18.5. The summed E-state index contributed by atoms with van der Waals surface area (Å²) in [5.74, 6) is 0.689. The summed E-state index contributed by atoms with van der Waals surface area (Å²) >= 11 is 0. The zero-order valence-electron chi connectivity index (χ0n) is 36.3. The Balaban J connectivity index is 2.04. The molecule has 0 bridgehead atoms. The lowest BCUT2D eigenvalue weighted by Crippen LogP contribution is -2.53. The molecule has 1 fully saturated rings. The maximum absolute atomic E-state index is 14.5. The topological polar surface area (TPSA) is 94.6 Å². The fourth-order valence-corrected chi connectivity index (χ4v) is 8.51. The van der Waals surface area contributed by atoms with Crippen molar-refractivity contribution in [2.24, 2.45) is 11.8 Å². The van der Waals surface area contributed by atoms with Gasteiger partial charge in [-0.2, -0.15) is 0 Å². The molecule has 2 amide bonds. The molecule has 2 atom stereocenters. The summed E-state index contributed by atoms with van der Waals surface area (Å²) in [6, 6.07) is 5.21. The molecule has 11 heteroatoms. The van der Waals surface area contributed by atoms with E-state index in [0.29, 0.717) is 47.3 Å². The molecule has 9 nitrogen and oxygen atoms in total. The van der Waals surface area contributed by atoms with E-state index >= 15 is 0 Å². The van der Waals surface area contributed by atoms with Crippen molar-refractivity contribution in [1.29, 1.82) is 0 Å². The number of hydroxylamine groups is 2. The van der Waals surface area contributed by atoms with Gasteiger partial charge in [0.2, 0.25) is 10.5 Å². The Hall–Kier alpha value is -3.42. The highest BCUT2D eigenvalue weighted by molar-refractivity contribution is 6.01. The third-order valence-electron chi connectivity index (χ3n) is 12.0. The Bertz CT molecular complexity index is 1730. The number of carbonyl (C=O) groups is 3. The number of rotatable bonds is 11. The molecule has 2 aromatic rings. The number of nitrogens with zero attached hydrogens (tertiary/aromatic N) is 2. The van der Waals surface area contributed by atoms with Crippen LogP contribution in [-0.4, -0.2) is 79.7 Å². The summed E-state index contributed by atoms with van der Waals surface area (Å²) in [7, 11) is 0.684. The molecule has 0 unspecified atom stereocenters. The van der Waals surface area contributed by atoms with Gasteiger partial charge in [-0.05, 0) is 136 Å². The first kappa shape index (κ1) is 45.0. The van der Waals surface area contributed by atoms with Crippen LogP contribution in [0.15, 0.2) is 24.3 Å². The van der Waals surface area contributed by atoms with Crippen LogP contribution in [-0.2, 0) is 29.6 Å². The Morgan fingerprint density at radius 3 is 2.04 bits per heavy atom. The predicted octanol–water partition coefficient (Wildman–Crippen LogP) is 7.13. The molecule has 1 heterocycles. The van der Waals surface area contributed by atoms with Crippen LogP contribution in [0.25, 0.3) is 6.08 Å². The molecule has 3 rings (SSSR count). The fourth-order valence-electron chi connectivity index (χ4n) is 7.53. The number of hydrogen-bond donors (Lipinski definition) is 0. The Labute approximate surface area is 331 Å². The molecule has 0 saturated carbocycles. The summed E-state index contributed by atoms with van der Waals surface area (Å²) in [5.41, 5.74) is 7.04. The van der Waals surface area contributed by atoms with Gasteiger partial charge in [-0.15, -0.1) is 0 Å². The fraction of sp³-hybridized carbons (Fsp3) is 0.605. The predicted molar refractivity (Wildman–Crippen MR) is 225 cm³/mol. The van der Waals surface area contributed by atoms with Gasteiger partial charge in [-0.1, -0.05) is 61.5 Å². The van der Waals surface area contributed by atoms with Crippen LogP contribution in [0.4, 0.5) is 4.79 Å². The van der Waals surface area contributed by atoms with Gasteiger partial charge in [0.25, 0.3) is 5.91 Å². The number of hydrogen-bond acceptors (Lipinski definition) is 7. The van der Waals surface area contributed by atoms with Crippen LogP contribution >= 0.6 is 0 Å². The maximum Gasteiger partial charge on any atom is 0.410 e. The highest BCUT2D eigenvalue weighted by atomic mass is 28.2. The van der Waals surface area contributed by atoms with Crippen molar-refractivity contribution in [3.8, 4) is 5.75 Å². The number of amides is 2. The van der Waals surface area contributed by atoms with Crippen molar-refractivity contribution in [2.75, 3.05) is 13.1 Å². The molecule has 54 heavy (non-hydrogen) atoms. The first-order valence-corrected chi connectivity index (χ1v) is 21.1. The minimum atomic E-state index is -0.781. The molecule has 1 saturated heterocycles. The number of ether oxygens (including phenoxy) is 2. The lowest BCUT2D eigenvalue weighted by atomic mass is 9.71. The van der Waals surface area contributed by atoms with E-state index < -0.39 is 29.8 Å². The van der Waals surface area contributed by atoms with Crippen molar-refractivity contribution in [3.63, 3.8) is 0 Å². The van der Waals surface area contributed by atoms with Gasteiger partial charge in [0, 0.05) is 23.7 Å². The number of likely N-dealkylation sites (tertiary alicyclic amines) is 1. The van der Waals surface area contributed by atoms with Crippen molar-refractivity contribution in [2.45, 2.75) is 145 Å². The molecular formula is C43H68N2O7Si2. The minimum Gasteiger partial charge on any atom is -0.553 e. The largest absolute Gasteiger partial charge is 0.553 e. The monoisotopic (exact) mass is 780 g/mol. The van der Waals surface area contributed by atoms with Crippen LogP contribution < -0.4 is 4.43 Å². The number of esters is 1. The van der Waals surface area contributed by atoms with Crippen molar-refractivity contribution in [1.82, 2.24) is 9.96 Å². The van der Waals surface area contributed by atoms with E-state index in [0.717, 1.165) is 33.6 Å². The molecule has 1 aliphatic rings. The maximum atomic E-state index is 14.5. The van der Waals surface area contributed by atoms with Gasteiger partial charge in [0.15, 0.2) is 10.5 Å². The summed E-state index contributed by atoms with van der Waals surface area (Å²) in [4.78, 5) is 43.2. The number of benzene rings is 2. The molecule has 0 spiro atoms. The van der Waals surface area contributed by atoms with E-state index in [1.54, 1.807) is 11.0 Å². The van der Waals surface area contributed by atoms with Gasteiger partial charge in [-0.25, -0.2) is 14.7 Å². The van der Waals surface area contributed by atoms with E-state index in [2.05, 4.69) is 82.2 Å². The highest BCUT2D eigenvalue weighted by Crippen LogP contribution is 2.41. The quantitative estimate of drug-likeness (QED) is 0.104. The van der Waals surface area contributed by atoms with Crippen molar-refractivity contribution >= 4 is 45.0 Å². The SMILES string of the molecule is Cc1cc(C=CC(=O)O[C@@H]2CCCN(C(=O)OC(C)(C)C)C[C@H]2N(O[SiH3])C(=O)c2ccc(C(C)(C)C(C)C)c(C)c2C)c(O[SiH3])c(C)c1C(C)(C)C(C)C. The third kappa shape index (κ3) is 9.87. The van der Waals surface area contributed by atoms with Crippen molar-refractivity contribution < 1.29 is 32.8 Å². The first-order chi connectivity index (χ1) is 24.9. The standard InChI is InChI=1S/C43H68N2O7Si2/c1-25(2)42(12,13)33-20-19-32(28(6)29(33)7)39(47)45(52-54)34-24-44(40(48)50-41(9,10)11)22-16-17-35(34)49-36(46)21-18-31-23-27(5)37(30(8)38(31)51-53)43(14,15)26(3)4/h18-21,23,25-26,34-35H,16-17,22,24H2,1-15,53-54H3/t34-,35-/m1/s1. The van der Waals surface area contributed by atoms with E-state index in [-0.39, 0.29) is 33.8 Å². The van der Waals surface area contributed by atoms with Gasteiger partial charge in [0.05, 0.1) is 6.54 Å². The van der Waals surface area contributed by atoms with E-state index in [1.807, 2.05) is 39.8 Å². The summed E-state index contributed by atoms with van der Waals surface area (Å²) in [6.07, 6.45) is 2.90. The number of carbonyl (C=O) groups excluding carboxylic acids is 3. The average molecular weight is 781 g/mol. The van der Waals surface area contributed by atoms with Gasteiger partial charge in [-0.3, -0.25) is 4.79 Å². The smallest absolute Gasteiger partial charge is 0.410 e. The average Bonchev–Trinajstić information content (AvgIpc) is 3.26. The normalized spacial score (nSPS) is 17.3. The summed E-state index contributed by atoms with van der Waals surface area (Å²) in [5, 5.41) is 1.33. The van der Waals surface area contributed by atoms with Gasteiger partial charge >= 0.3 is 12.1 Å². The Kier molecular flexibility index (Phi) is 14.6. The lowest BCUT2D eigenvalue weighted by Gasteiger charge is -2.37. The van der Waals surface area contributed by atoms with E-state index in [1.165, 1.54) is 22.3 Å². The number of aryl methyl sites for hydroxylation is 1. The molecule has 300 valence electrons. The zero-order chi connectivity index (χ0) is 41.1. The second-order valence-electron chi connectivity index (χ2n) is 17.7. The Morgan fingerprint density at radius 1 is 0.889 bits per heavy atom. The van der Waals surface area contributed by atoms with Crippen molar-refractivity contribution in [3.05, 3.63) is 68.8 Å². The van der Waals surface area contributed by atoms with Gasteiger partial charge < -0.3 is 23.3 Å². The first-order valence-electron chi connectivity index (χ1n) is 19.4. The molecular weight excluding hydrogens is 713 g/mol. The molecule has 0 radical (unpaired) electrons. The second kappa shape index (κ2) is 17.6. The molecule has 1 aliphatic heterocycles. The molecule has 2 aromatic carbocycles. The zero-order valence-corrected chi connectivity index (χ0v) is 40.3.